The molecule has 0 radical (unpaired) electrons. The number of ether oxygens (including phenoxy) is 2. The maximum atomic E-state index is 14.2. The molecule has 0 aliphatic rings. The number of methoxy groups -OCH3 is 2. The van der Waals surface area contributed by atoms with E-state index in [1.165, 1.54) is 37.3 Å². The van der Waals surface area contributed by atoms with Gasteiger partial charge in [-0.1, -0.05) is 47.5 Å². The molecule has 0 heterocycles. The summed E-state index contributed by atoms with van der Waals surface area (Å²) >= 11 is 12.9. The van der Waals surface area contributed by atoms with E-state index in [-0.39, 0.29) is 22.9 Å². The van der Waals surface area contributed by atoms with Crippen molar-refractivity contribution in [2.45, 2.75) is 50.7 Å². The second-order valence-corrected chi connectivity index (χ2v) is 13.2. The van der Waals surface area contributed by atoms with Crippen LogP contribution in [0.15, 0.2) is 71.6 Å². The van der Waals surface area contributed by atoms with Crippen molar-refractivity contribution in [1.82, 2.24) is 10.2 Å². The minimum absolute atomic E-state index is 0.0399. The first kappa shape index (κ1) is 33.0. The maximum absolute atomic E-state index is 14.2. The van der Waals surface area contributed by atoms with Crippen LogP contribution in [0.3, 0.4) is 0 Å². The number of nitrogens with zero attached hydrogens (tertiary/aromatic N) is 2. The zero-order valence-corrected chi connectivity index (χ0v) is 26.7. The summed E-state index contributed by atoms with van der Waals surface area (Å²) in [5.41, 5.74) is -0.0868. The minimum Gasteiger partial charge on any atom is -0.497 e. The maximum Gasteiger partial charge on any atom is 0.264 e. The molecule has 0 bridgehead atoms. The Morgan fingerprint density at radius 1 is 0.929 bits per heavy atom. The summed E-state index contributed by atoms with van der Waals surface area (Å²) in [5, 5.41) is 3.47. The lowest BCUT2D eigenvalue weighted by Gasteiger charge is -2.34. The highest BCUT2D eigenvalue weighted by Gasteiger charge is 2.35. The van der Waals surface area contributed by atoms with Gasteiger partial charge in [0.15, 0.2) is 0 Å². The largest absolute Gasteiger partial charge is 0.497 e. The van der Waals surface area contributed by atoms with Crippen LogP contribution in [-0.4, -0.2) is 57.5 Å². The molecule has 3 rings (SSSR count). The molecule has 9 nitrogen and oxygen atoms in total. The van der Waals surface area contributed by atoms with Crippen molar-refractivity contribution in [3.05, 3.63) is 82.3 Å². The molecule has 3 aromatic rings. The topological polar surface area (TPSA) is 105 Å². The zero-order chi connectivity index (χ0) is 31.2. The molecule has 0 aliphatic heterocycles. The van der Waals surface area contributed by atoms with Gasteiger partial charge < -0.3 is 19.7 Å². The van der Waals surface area contributed by atoms with Gasteiger partial charge in [0.05, 0.1) is 24.8 Å². The Morgan fingerprint density at radius 3 is 2.10 bits per heavy atom. The summed E-state index contributed by atoms with van der Waals surface area (Å²) < 4.78 is 39.9. The van der Waals surface area contributed by atoms with Gasteiger partial charge in [-0.05, 0) is 64.1 Å². The first-order valence-corrected chi connectivity index (χ1v) is 15.2. The molecule has 226 valence electrons. The van der Waals surface area contributed by atoms with E-state index in [0.717, 1.165) is 4.31 Å². The van der Waals surface area contributed by atoms with Gasteiger partial charge in [-0.15, -0.1) is 0 Å². The summed E-state index contributed by atoms with van der Waals surface area (Å²) in [7, 11) is -1.47. The lowest BCUT2D eigenvalue weighted by Crippen LogP contribution is -2.54. The van der Waals surface area contributed by atoms with E-state index >= 15 is 0 Å². The number of amides is 2. The lowest BCUT2D eigenvalue weighted by atomic mass is 10.1. The Bertz CT molecular complexity index is 1510. The second kappa shape index (κ2) is 13.7. The Kier molecular flexibility index (Phi) is 10.8. The molecule has 0 fully saturated rings. The third-order valence-corrected chi connectivity index (χ3v) is 8.80. The molecular formula is C30H35Cl2N3O6S. The molecule has 0 aromatic heterocycles. The fraction of sp³-hybridized carbons (Fsp3) is 0.333. The Morgan fingerprint density at radius 2 is 1.55 bits per heavy atom. The van der Waals surface area contributed by atoms with Gasteiger partial charge in [-0.3, -0.25) is 13.9 Å². The van der Waals surface area contributed by atoms with Crippen molar-refractivity contribution in [1.29, 1.82) is 0 Å². The highest BCUT2D eigenvalue weighted by molar-refractivity contribution is 7.92. The van der Waals surface area contributed by atoms with Crippen LogP contribution in [0.1, 0.15) is 33.3 Å². The number of sulfonamides is 1. The van der Waals surface area contributed by atoms with Gasteiger partial charge in [0.2, 0.25) is 11.8 Å². The average molecular weight is 637 g/mol. The first-order valence-electron chi connectivity index (χ1n) is 13.0. The monoisotopic (exact) mass is 635 g/mol. The molecule has 12 heteroatoms. The van der Waals surface area contributed by atoms with Crippen LogP contribution in [0.2, 0.25) is 10.0 Å². The first-order chi connectivity index (χ1) is 19.7. The van der Waals surface area contributed by atoms with Crippen molar-refractivity contribution in [2.75, 3.05) is 25.1 Å². The summed E-state index contributed by atoms with van der Waals surface area (Å²) in [6.45, 7) is 6.19. The minimum atomic E-state index is -4.31. The summed E-state index contributed by atoms with van der Waals surface area (Å²) in [5.74, 6) is -0.561. The van der Waals surface area contributed by atoms with Gasteiger partial charge >= 0.3 is 0 Å². The summed E-state index contributed by atoms with van der Waals surface area (Å²) in [6, 6.07) is 16.2. The van der Waals surface area contributed by atoms with Crippen LogP contribution in [0, 0.1) is 0 Å². The van der Waals surface area contributed by atoms with Crippen LogP contribution in [0.4, 0.5) is 5.69 Å². The summed E-state index contributed by atoms with van der Waals surface area (Å²) in [4.78, 5) is 28.7. The van der Waals surface area contributed by atoms with Gasteiger partial charge in [0.1, 0.15) is 24.1 Å². The van der Waals surface area contributed by atoms with Crippen molar-refractivity contribution >= 4 is 50.7 Å². The van der Waals surface area contributed by atoms with E-state index in [1.807, 2.05) is 20.8 Å². The predicted octanol–water partition coefficient (Wildman–Crippen LogP) is 5.54. The van der Waals surface area contributed by atoms with Crippen LogP contribution in [-0.2, 0) is 26.2 Å². The zero-order valence-electron chi connectivity index (χ0n) is 24.4. The highest BCUT2D eigenvalue weighted by Crippen LogP contribution is 2.36. The Labute approximate surface area is 257 Å². The van der Waals surface area contributed by atoms with Crippen LogP contribution < -0.4 is 19.1 Å². The predicted molar refractivity (Wildman–Crippen MR) is 165 cm³/mol. The Balaban J connectivity index is 2.16. The molecule has 1 N–H and O–H groups in total. The molecule has 1 atom stereocenters. The van der Waals surface area contributed by atoms with E-state index in [0.29, 0.717) is 21.4 Å². The quantitative estimate of drug-likeness (QED) is 0.297. The number of anilines is 1. The number of hydrogen-bond donors (Lipinski definition) is 1. The smallest absolute Gasteiger partial charge is 0.264 e. The SMILES string of the molecule is COc1ccc(OC)c(N(CC(=O)N(Cc2c(Cl)cccc2Cl)C(C)C(=O)NC(C)(C)C)S(=O)(=O)c2ccccc2)c1. The number of rotatable bonds is 11. The molecular weight excluding hydrogens is 601 g/mol. The van der Waals surface area contributed by atoms with Crippen molar-refractivity contribution < 1.29 is 27.5 Å². The van der Waals surface area contributed by atoms with Crippen molar-refractivity contribution in [3.63, 3.8) is 0 Å². The normalized spacial score (nSPS) is 12.3. The van der Waals surface area contributed by atoms with Gasteiger partial charge in [-0.25, -0.2) is 8.42 Å². The van der Waals surface area contributed by atoms with Gasteiger partial charge in [0.25, 0.3) is 10.0 Å². The fourth-order valence-electron chi connectivity index (χ4n) is 4.14. The van der Waals surface area contributed by atoms with Crippen molar-refractivity contribution in [3.8, 4) is 11.5 Å². The standard InChI is InChI=1S/C30H35Cl2N3O6S/c1-20(29(37)33-30(2,3)4)34(18-23-24(31)13-10-14-25(23)32)28(36)19-35(42(38,39)22-11-8-7-9-12-22)26-17-21(40-5)15-16-27(26)41-6/h7-17,20H,18-19H2,1-6H3,(H,33,37). The molecule has 0 spiro atoms. The van der Waals surface area contributed by atoms with E-state index in [4.69, 9.17) is 32.7 Å². The highest BCUT2D eigenvalue weighted by atomic mass is 35.5. The average Bonchev–Trinajstić information content (AvgIpc) is 2.94. The molecule has 3 aromatic carbocycles. The molecule has 42 heavy (non-hydrogen) atoms. The molecule has 0 saturated carbocycles. The van der Waals surface area contributed by atoms with E-state index < -0.39 is 40.0 Å². The number of halogens is 2. The molecule has 1 unspecified atom stereocenters. The molecule has 0 saturated heterocycles. The van der Waals surface area contributed by atoms with Crippen LogP contribution >= 0.6 is 23.2 Å². The number of carbonyl (C=O) groups is 2. The molecule has 2 amide bonds. The van der Waals surface area contributed by atoms with Crippen LogP contribution in [0.25, 0.3) is 0 Å². The second-order valence-electron chi connectivity index (χ2n) is 10.5. The van der Waals surface area contributed by atoms with Crippen molar-refractivity contribution in [2.24, 2.45) is 0 Å². The number of benzene rings is 3. The Hall–Kier alpha value is -3.47. The molecule has 0 aliphatic carbocycles. The van der Waals surface area contributed by atoms with E-state index in [2.05, 4.69) is 5.32 Å². The van der Waals surface area contributed by atoms with Gasteiger partial charge in [0, 0.05) is 33.8 Å². The third-order valence-electron chi connectivity index (χ3n) is 6.32. The fourth-order valence-corrected chi connectivity index (χ4v) is 6.09. The lowest BCUT2D eigenvalue weighted by molar-refractivity contribution is -0.140. The number of carbonyl (C=O) groups excluding carboxylic acids is 2. The van der Waals surface area contributed by atoms with E-state index in [9.17, 15) is 18.0 Å². The van der Waals surface area contributed by atoms with E-state index in [1.54, 1.807) is 55.5 Å². The number of nitrogens with one attached hydrogen (secondary N) is 1. The number of hydrogen-bond acceptors (Lipinski definition) is 6. The third kappa shape index (κ3) is 7.87. The van der Waals surface area contributed by atoms with Gasteiger partial charge in [-0.2, -0.15) is 0 Å². The van der Waals surface area contributed by atoms with Crippen LogP contribution in [0.5, 0.6) is 11.5 Å². The summed E-state index contributed by atoms with van der Waals surface area (Å²) in [6.07, 6.45) is 0.